The van der Waals surface area contributed by atoms with E-state index in [0.29, 0.717) is 0 Å². The second-order valence-corrected chi connectivity index (χ2v) is 6.08. The third-order valence-electron chi connectivity index (χ3n) is 2.95. The van der Waals surface area contributed by atoms with Crippen LogP contribution >= 0.6 is 7.75 Å². The Morgan fingerprint density at radius 1 is 1.30 bits per heavy atom. The zero-order valence-electron chi connectivity index (χ0n) is 11.5. The Morgan fingerprint density at radius 2 is 1.95 bits per heavy atom. The molecule has 1 aromatic carbocycles. The SMILES string of the molecule is CCOP(=O)(OCC)N1C=Cc2ccccc2C1C#N. The Bertz CT molecular complexity index is 584. The van der Waals surface area contributed by atoms with Crippen molar-refractivity contribution < 1.29 is 13.6 Å². The van der Waals surface area contributed by atoms with Crippen molar-refractivity contribution in [2.24, 2.45) is 0 Å². The van der Waals surface area contributed by atoms with Crippen molar-refractivity contribution in [2.45, 2.75) is 19.9 Å². The van der Waals surface area contributed by atoms with E-state index < -0.39 is 13.8 Å². The molecule has 1 aliphatic heterocycles. The fourth-order valence-corrected chi connectivity index (χ4v) is 3.83. The fraction of sp³-hybridized carbons (Fsp3) is 0.357. The summed E-state index contributed by atoms with van der Waals surface area (Å²) in [5, 5.41) is 9.45. The third kappa shape index (κ3) is 2.64. The molecule has 6 heteroatoms. The van der Waals surface area contributed by atoms with Crippen molar-refractivity contribution in [1.29, 1.82) is 5.26 Å². The van der Waals surface area contributed by atoms with Crippen LogP contribution in [0.5, 0.6) is 0 Å². The second kappa shape index (κ2) is 6.23. The van der Waals surface area contributed by atoms with Gasteiger partial charge >= 0.3 is 7.75 Å². The van der Waals surface area contributed by atoms with Crippen molar-refractivity contribution in [3.05, 3.63) is 41.6 Å². The Hall–Kier alpha value is -1.60. The summed E-state index contributed by atoms with van der Waals surface area (Å²) < 4.78 is 24.8. The van der Waals surface area contributed by atoms with Crippen LogP contribution in [0.15, 0.2) is 30.5 Å². The van der Waals surface area contributed by atoms with Gasteiger partial charge in [-0.2, -0.15) is 5.26 Å². The van der Waals surface area contributed by atoms with E-state index in [0.717, 1.165) is 11.1 Å². The van der Waals surface area contributed by atoms with Crippen LogP contribution in [-0.4, -0.2) is 17.9 Å². The molecule has 1 aliphatic rings. The van der Waals surface area contributed by atoms with Gasteiger partial charge in [-0.25, -0.2) is 4.57 Å². The molecule has 0 fully saturated rings. The van der Waals surface area contributed by atoms with Gasteiger partial charge in [0.2, 0.25) is 0 Å². The summed E-state index contributed by atoms with van der Waals surface area (Å²) in [6.45, 7) is 3.99. The van der Waals surface area contributed by atoms with Crippen LogP contribution in [0.3, 0.4) is 0 Å². The second-order valence-electron chi connectivity index (χ2n) is 4.16. The van der Waals surface area contributed by atoms with E-state index in [9.17, 15) is 9.83 Å². The monoisotopic (exact) mass is 292 g/mol. The van der Waals surface area contributed by atoms with Gasteiger partial charge in [-0.05, 0) is 31.1 Å². The normalized spacial score (nSPS) is 17.6. The van der Waals surface area contributed by atoms with Gasteiger partial charge in [-0.15, -0.1) is 0 Å². The summed E-state index contributed by atoms with van der Waals surface area (Å²) in [5.41, 5.74) is 1.74. The number of hydrogen-bond acceptors (Lipinski definition) is 4. The van der Waals surface area contributed by atoms with Crippen LogP contribution in [-0.2, 0) is 13.6 Å². The Kier molecular flexibility index (Phi) is 4.61. The lowest BCUT2D eigenvalue weighted by molar-refractivity contribution is 0.176. The van der Waals surface area contributed by atoms with Gasteiger partial charge in [0.1, 0.15) is 0 Å². The molecule has 0 radical (unpaired) electrons. The highest BCUT2D eigenvalue weighted by Gasteiger charge is 2.39. The zero-order valence-corrected chi connectivity index (χ0v) is 12.4. The number of hydrogen-bond donors (Lipinski definition) is 0. The molecule has 0 saturated carbocycles. The first-order valence-corrected chi connectivity index (χ1v) is 8.00. The first-order chi connectivity index (χ1) is 9.66. The minimum Gasteiger partial charge on any atom is -0.292 e. The molecular weight excluding hydrogens is 275 g/mol. The van der Waals surface area contributed by atoms with E-state index in [4.69, 9.17) is 9.05 Å². The molecule has 0 bridgehead atoms. The van der Waals surface area contributed by atoms with Gasteiger partial charge in [-0.3, -0.25) is 13.7 Å². The van der Waals surface area contributed by atoms with Crippen molar-refractivity contribution >= 4 is 13.8 Å². The topological polar surface area (TPSA) is 62.6 Å². The van der Waals surface area contributed by atoms with Crippen molar-refractivity contribution in [1.82, 2.24) is 4.67 Å². The van der Waals surface area contributed by atoms with Crippen LogP contribution in [0.1, 0.15) is 31.0 Å². The van der Waals surface area contributed by atoms with Gasteiger partial charge in [0.05, 0.1) is 19.3 Å². The lowest BCUT2D eigenvalue weighted by Gasteiger charge is -2.34. The Balaban J connectivity index is 2.43. The molecule has 1 unspecified atom stereocenters. The minimum atomic E-state index is -3.50. The number of fused-ring (bicyclic) bond motifs is 1. The summed E-state index contributed by atoms with van der Waals surface area (Å²) in [4.78, 5) is 0. The standard InChI is InChI=1S/C14H17N2O3P/c1-3-18-20(17,19-4-2)16-10-9-12-7-5-6-8-13(12)14(16)11-15/h5-10,14H,3-4H2,1-2H3. The highest BCUT2D eigenvalue weighted by atomic mass is 31.2. The van der Waals surface area contributed by atoms with Gasteiger partial charge in [0, 0.05) is 6.20 Å². The van der Waals surface area contributed by atoms with Crippen LogP contribution in [0, 0.1) is 11.3 Å². The minimum absolute atomic E-state index is 0.251. The largest absolute Gasteiger partial charge is 0.436 e. The molecule has 1 heterocycles. The van der Waals surface area contributed by atoms with Gasteiger partial charge in [-0.1, -0.05) is 24.3 Å². The number of benzene rings is 1. The van der Waals surface area contributed by atoms with Gasteiger partial charge < -0.3 is 0 Å². The molecule has 1 aromatic rings. The quantitative estimate of drug-likeness (QED) is 0.774. The Labute approximate surface area is 119 Å². The summed E-state index contributed by atoms with van der Waals surface area (Å²) in [7, 11) is -3.50. The number of nitriles is 1. The lowest BCUT2D eigenvalue weighted by atomic mass is 9.99. The van der Waals surface area contributed by atoms with Crippen LogP contribution in [0.4, 0.5) is 0 Å². The van der Waals surface area contributed by atoms with E-state index >= 15 is 0 Å². The molecule has 1 atom stereocenters. The van der Waals surface area contributed by atoms with E-state index in [1.807, 2.05) is 30.3 Å². The van der Waals surface area contributed by atoms with Crippen LogP contribution in [0.2, 0.25) is 0 Å². The summed E-state index contributed by atoms with van der Waals surface area (Å²) in [5.74, 6) is 0. The highest BCUT2D eigenvalue weighted by molar-refractivity contribution is 7.51. The van der Waals surface area contributed by atoms with Crippen LogP contribution in [0.25, 0.3) is 6.08 Å². The van der Waals surface area contributed by atoms with E-state index in [2.05, 4.69) is 6.07 Å². The molecule has 0 aliphatic carbocycles. The number of rotatable bonds is 5. The summed E-state index contributed by atoms with van der Waals surface area (Å²) >= 11 is 0. The molecule has 0 saturated heterocycles. The maximum absolute atomic E-state index is 12.8. The van der Waals surface area contributed by atoms with Crippen molar-refractivity contribution in [3.8, 4) is 6.07 Å². The highest BCUT2D eigenvalue weighted by Crippen LogP contribution is 2.57. The molecule has 20 heavy (non-hydrogen) atoms. The van der Waals surface area contributed by atoms with Gasteiger partial charge in [0.15, 0.2) is 6.04 Å². The molecule has 5 nitrogen and oxygen atoms in total. The first kappa shape index (κ1) is 14.8. The van der Waals surface area contributed by atoms with E-state index in [-0.39, 0.29) is 13.2 Å². The molecule has 0 spiro atoms. The van der Waals surface area contributed by atoms with E-state index in [1.54, 1.807) is 20.0 Å². The first-order valence-electron chi connectivity index (χ1n) is 6.51. The molecule has 0 amide bonds. The Morgan fingerprint density at radius 3 is 2.55 bits per heavy atom. The predicted molar refractivity (Wildman–Crippen MR) is 76.5 cm³/mol. The maximum Gasteiger partial charge on any atom is 0.436 e. The van der Waals surface area contributed by atoms with Crippen LogP contribution < -0.4 is 0 Å². The number of nitrogens with zero attached hydrogens (tertiary/aromatic N) is 2. The average Bonchev–Trinajstić information content (AvgIpc) is 2.46. The molecule has 106 valence electrons. The maximum atomic E-state index is 12.8. The van der Waals surface area contributed by atoms with Crippen molar-refractivity contribution in [2.75, 3.05) is 13.2 Å². The zero-order chi connectivity index (χ0) is 14.6. The molecular formula is C14H17N2O3P. The third-order valence-corrected chi connectivity index (χ3v) is 5.05. The average molecular weight is 292 g/mol. The lowest BCUT2D eigenvalue weighted by Crippen LogP contribution is -2.25. The summed E-state index contributed by atoms with van der Waals surface area (Å²) in [6.07, 6.45) is 3.43. The van der Waals surface area contributed by atoms with Gasteiger partial charge in [0.25, 0.3) is 0 Å². The fourth-order valence-electron chi connectivity index (χ4n) is 2.15. The molecule has 0 aromatic heterocycles. The molecule has 0 N–H and O–H groups in total. The van der Waals surface area contributed by atoms with E-state index in [1.165, 1.54) is 4.67 Å². The molecule has 2 rings (SSSR count). The summed E-state index contributed by atoms with van der Waals surface area (Å²) in [6, 6.07) is 9.02. The van der Waals surface area contributed by atoms with Crippen molar-refractivity contribution in [3.63, 3.8) is 0 Å². The smallest absolute Gasteiger partial charge is 0.292 e. The predicted octanol–water partition coefficient (Wildman–Crippen LogP) is 3.72.